The Labute approximate surface area is 218 Å². The number of anilines is 2. The average molecular weight is 504 g/mol. The molecule has 1 fully saturated rings. The van der Waals surface area contributed by atoms with Gasteiger partial charge in [-0.15, -0.1) is 0 Å². The number of hydrogen-bond donors (Lipinski definition) is 2. The molecule has 3 aromatic rings. The quantitative estimate of drug-likeness (QED) is 0.456. The first-order valence-corrected chi connectivity index (χ1v) is 13.3. The second-order valence-electron chi connectivity index (χ2n) is 10.9. The highest BCUT2D eigenvalue weighted by Gasteiger charge is 2.35. The van der Waals surface area contributed by atoms with E-state index in [-0.39, 0.29) is 23.8 Å². The van der Waals surface area contributed by atoms with E-state index in [2.05, 4.69) is 38.9 Å². The summed E-state index contributed by atoms with van der Waals surface area (Å²) in [6.07, 6.45) is 9.72. The second kappa shape index (κ2) is 10.5. The fourth-order valence-corrected chi connectivity index (χ4v) is 5.02. The molecule has 9 heteroatoms. The molecule has 9 nitrogen and oxygen atoms in total. The van der Waals surface area contributed by atoms with E-state index in [4.69, 9.17) is 9.72 Å². The van der Waals surface area contributed by atoms with Gasteiger partial charge < -0.3 is 20.3 Å². The second-order valence-corrected chi connectivity index (χ2v) is 10.9. The molecular weight excluding hydrogens is 466 g/mol. The van der Waals surface area contributed by atoms with E-state index >= 15 is 0 Å². The maximum absolute atomic E-state index is 13.0. The van der Waals surface area contributed by atoms with Crippen LogP contribution in [0.3, 0.4) is 0 Å². The van der Waals surface area contributed by atoms with Crippen molar-refractivity contribution in [3.8, 4) is 11.3 Å². The minimum Gasteiger partial charge on any atom is -0.369 e. The maximum Gasteiger partial charge on any atom is 0.318 e. The first-order chi connectivity index (χ1) is 17.8. The van der Waals surface area contributed by atoms with Crippen LogP contribution in [0.25, 0.3) is 11.3 Å². The number of carbonyl (C=O) groups is 1. The number of benzene rings is 1. The molecule has 196 valence electrons. The molecule has 2 aromatic heterocycles. The van der Waals surface area contributed by atoms with Gasteiger partial charge in [0.1, 0.15) is 0 Å². The number of ether oxygens (including phenoxy) is 1. The highest BCUT2D eigenvalue weighted by molar-refractivity contribution is 5.76. The van der Waals surface area contributed by atoms with Gasteiger partial charge in [-0.3, -0.25) is 4.68 Å². The van der Waals surface area contributed by atoms with Crippen molar-refractivity contribution < 1.29 is 9.53 Å². The van der Waals surface area contributed by atoms with Gasteiger partial charge in [0, 0.05) is 24.5 Å². The third-order valence-corrected chi connectivity index (χ3v) is 6.83. The molecule has 3 heterocycles. The SMILES string of the molecule is CCn1cc(Nc2nccc(-c3ccc4c(c3)CCCCC4NC(=O)N3CC(OC(C)(C)C)C3)n2)cn1. The molecule has 1 aliphatic heterocycles. The van der Waals surface area contributed by atoms with Gasteiger partial charge in [-0.05, 0) is 70.2 Å². The maximum atomic E-state index is 13.0. The summed E-state index contributed by atoms with van der Waals surface area (Å²) in [7, 11) is 0. The lowest BCUT2D eigenvalue weighted by molar-refractivity contribution is -0.111. The summed E-state index contributed by atoms with van der Waals surface area (Å²) < 4.78 is 7.84. The Morgan fingerprint density at radius 1 is 1.19 bits per heavy atom. The molecule has 1 saturated heterocycles. The Bertz CT molecular complexity index is 1240. The summed E-state index contributed by atoms with van der Waals surface area (Å²) >= 11 is 0. The van der Waals surface area contributed by atoms with Gasteiger partial charge in [-0.25, -0.2) is 14.8 Å². The highest BCUT2D eigenvalue weighted by Crippen LogP contribution is 2.32. The number of aromatic nitrogens is 4. The fraction of sp³-hybridized carbons (Fsp3) is 0.500. The van der Waals surface area contributed by atoms with Gasteiger partial charge in [-0.2, -0.15) is 5.10 Å². The molecule has 1 unspecified atom stereocenters. The van der Waals surface area contributed by atoms with Gasteiger partial charge in [0.15, 0.2) is 0 Å². The third-order valence-electron chi connectivity index (χ3n) is 6.83. The number of nitrogens with one attached hydrogen (secondary N) is 2. The molecule has 2 N–H and O–H groups in total. The van der Waals surface area contributed by atoms with Crippen LogP contribution >= 0.6 is 0 Å². The largest absolute Gasteiger partial charge is 0.369 e. The lowest BCUT2D eigenvalue weighted by Crippen LogP contribution is -2.59. The molecule has 1 atom stereocenters. The van der Waals surface area contributed by atoms with Crippen LogP contribution in [0, 0.1) is 0 Å². The third kappa shape index (κ3) is 6.10. The van der Waals surface area contributed by atoms with E-state index in [0.717, 1.165) is 49.2 Å². The Morgan fingerprint density at radius 2 is 2.03 bits per heavy atom. The summed E-state index contributed by atoms with van der Waals surface area (Å²) in [5.41, 5.74) is 5.05. The zero-order valence-corrected chi connectivity index (χ0v) is 22.2. The Balaban J connectivity index is 1.27. The lowest BCUT2D eigenvalue weighted by atomic mass is 9.95. The van der Waals surface area contributed by atoms with Crippen LogP contribution in [0.5, 0.6) is 0 Å². The van der Waals surface area contributed by atoms with E-state index in [1.54, 1.807) is 12.4 Å². The summed E-state index contributed by atoms with van der Waals surface area (Å²) in [5.74, 6) is 0.538. The van der Waals surface area contributed by atoms with E-state index in [0.29, 0.717) is 19.0 Å². The number of rotatable bonds is 6. The summed E-state index contributed by atoms with van der Waals surface area (Å²) in [5, 5.41) is 10.8. The molecule has 5 rings (SSSR count). The molecule has 1 aliphatic carbocycles. The van der Waals surface area contributed by atoms with Crippen molar-refractivity contribution in [3.63, 3.8) is 0 Å². The molecular formula is C28H37N7O2. The predicted molar refractivity (Wildman–Crippen MR) is 144 cm³/mol. The number of aryl methyl sites for hydroxylation is 2. The Morgan fingerprint density at radius 3 is 2.78 bits per heavy atom. The van der Waals surface area contributed by atoms with Crippen LogP contribution in [0.2, 0.25) is 0 Å². The first kappa shape index (κ1) is 25.2. The Kier molecular flexibility index (Phi) is 7.15. The lowest BCUT2D eigenvalue weighted by Gasteiger charge is -2.42. The number of hydrogen-bond acceptors (Lipinski definition) is 6. The Hall–Kier alpha value is -3.46. The molecule has 0 spiro atoms. The molecule has 0 bridgehead atoms. The molecule has 37 heavy (non-hydrogen) atoms. The molecule has 1 aromatic carbocycles. The van der Waals surface area contributed by atoms with E-state index < -0.39 is 0 Å². The van der Waals surface area contributed by atoms with Crippen molar-refractivity contribution in [1.29, 1.82) is 0 Å². The van der Waals surface area contributed by atoms with Crippen molar-refractivity contribution in [3.05, 3.63) is 54.0 Å². The molecule has 0 radical (unpaired) electrons. The van der Waals surface area contributed by atoms with Gasteiger partial charge in [0.05, 0.1) is 48.4 Å². The minimum atomic E-state index is -0.191. The van der Waals surface area contributed by atoms with E-state index in [1.165, 1.54) is 11.1 Å². The topological polar surface area (TPSA) is 97.2 Å². The van der Waals surface area contributed by atoms with Gasteiger partial charge in [-0.1, -0.05) is 18.6 Å². The van der Waals surface area contributed by atoms with Crippen LogP contribution in [-0.4, -0.2) is 55.5 Å². The van der Waals surface area contributed by atoms with Gasteiger partial charge in [0.2, 0.25) is 5.95 Å². The van der Waals surface area contributed by atoms with Crippen LogP contribution in [0.1, 0.15) is 64.1 Å². The number of likely N-dealkylation sites (tertiary alicyclic amines) is 1. The standard InChI is InChI=1S/C28H37N7O2/c1-5-35-16-21(15-30-35)31-26-29-13-12-24(32-26)20-10-11-23-19(14-20)8-6-7-9-25(23)33-27(36)34-17-22(18-34)37-28(2,3)4/h10-16,22,25H,5-9,17-18H2,1-4H3,(H,33,36)(H,29,31,32). The summed E-state index contributed by atoms with van der Waals surface area (Å²) in [4.78, 5) is 23.9. The van der Waals surface area contributed by atoms with Crippen molar-refractivity contribution >= 4 is 17.7 Å². The normalized spacial score (nSPS) is 18.1. The van der Waals surface area contributed by atoms with Crippen molar-refractivity contribution in [2.24, 2.45) is 0 Å². The van der Waals surface area contributed by atoms with Crippen LogP contribution in [-0.2, 0) is 17.7 Å². The van der Waals surface area contributed by atoms with Crippen molar-refractivity contribution in [2.45, 2.75) is 77.7 Å². The smallest absolute Gasteiger partial charge is 0.318 e. The fourth-order valence-electron chi connectivity index (χ4n) is 5.02. The van der Waals surface area contributed by atoms with Gasteiger partial charge >= 0.3 is 6.03 Å². The average Bonchev–Trinajstić information content (AvgIpc) is 3.20. The number of amides is 2. The number of urea groups is 1. The monoisotopic (exact) mass is 503 g/mol. The highest BCUT2D eigenvalue weighted by atomic mass is 16.5. The van der Waals surface area contributed by atoms with Gasteiger partial charge in [0.25, 0.3) is 0 Å². The number of nitrogens with zero attached hydrogens (tertiary/aromatic N) is 5. The predicted octanol–water partition coefficient (Wildman–Crippen LogP) is 5.08. The van der Waals surface area contributed by atoms with Crippen molar-refractivity contribution in [2.75, 3.05) is 18.4 Å². The van der Waals surface area contributed by atoms with Crippen LogP contribution in [0.15, 0.2) is 42.9 Å². The number of carbonyl (C=O) groups excluding carboxylic acids is 1. The molecule has 0 saturated carbocycles. The van der Waals surface area contributed by atoms with Crippen LogP contribution < -0.4 is 10.6 Å². The number of fused-ring (bicyclic) bond motifs is 1. The van der Waals surface area contributed by atoms with Crippen LogP contribution in [0.4, 0.5) is 16.4 Å². The van der Waals surface area contributed by atoms with Crippen molar-refractivity contribution in [1.82, 2.24) is 30.0 Å². The van der Waals surface area contributed by atoms with E-state index in [1.807, 2.05) is 49.5 Å². The molecule has 2 amide bonds. The minimum absolute atomic E-state index is 0.00593. The first-order valence-electron chi connectivity index (χ1n) is 13.3. The zero-order valence-electron chi connectivity index (χ0n) is 22.2. The summed E-state index contributed by atoms with van der Waals surface area (Å²) in [6, 6.07) is 8.41. The van der Waals surface area contributed by atoms with E-state index in [9.17, 15) is 4.79 Å². The zero-order chi connectivity index (χ0) is 26.0. The summed E-state index contributed by atoms with van der Waals surface area (Å²) in [6.45, 7) is 10.3. The molecule has 2 aliphatic rings.